The van der Waals surface area contributed by atoms with Crippen molar-refractivity contribution >= 4 is 23.5 Å². The molecule has 110 valence electrons. The third-order valence-corrected chi connectivity index (χ3v) is 3.19. The van der Waals surface area contributed by atoms with Crippen LogP contribution in [0.5, 0.6) is 0 Å². The average molecular weight is 288 g/mol. The Morgan fingerprint density at radius 1 is 1.19 bits per heavy atom. The van der Waals surface area contributed by atoms with E-state index in [4.69, 9.17) is 4.74 Å². The van der Waals surface area contributed by atoms with Crippen LogP contribution in [0.25, 0.3) is 0 Å². The second kappa shape index (κ2) is 6.30. The third kappa shape index (κ3) is 2.99. The summed E-state index contributed by atoms with van der Waals surface area (Å²) in [4.78, 5) is 41.0. The minimum absolute atomic E-state index is 0.00165. The predicted octanol–water partition coefficient (Wildman–Crippen LogP) is 1.31. The molecular weight excluding hydrogens is 272 g/mol. The number of rotatable bonds is 5. The lowest BCUT2D eigenvalue weighted by Gasteiger charge is -2.15. The van der Waals surface area contributed by atoms with E-state index in [1.165, 1.54) is 7.05 Å². The van der Waals surface area contributed by atoms with Gasteiger partial charge in [0.15, 0.2) is 0 Å². The Kier molecular flexibility index (Phi) is 4.47. The zero-order chi connectivity index (χ0) is 15.4. The number of ether oxygens (including phenoxy) is 1. The van der Waals surface area contributed by atoms with Crippen LogP contribution in [0.2, 0.25) is 0 Å². The molecule has 0 unspecified atom stereocenters. The standard InChI is InChI=1S/C15H16N2O4/c1-3-21-13(18)8-10(16-2)9-17-14(19)11-6-4-5-7-12(11)15(17)20/h4-7H,3,8-9H2,1-2H3. The predicted molar refractivity (Wildman–Crippen MR) is 76.4 cm³/mol. The molecule has 0 aromatic heterocycles. The summed E-state index contributed by atoms with van der Waals surface area (Å²) in [5.74, 6) is -1.14. The first-order valence-electron chi connectivity index (χ1n) is 6.63. The van der Waals surface area contributed by atoms with Crippen molar-refractivity contribution in [3.8, 4) is 0 Å². The molecule has 0 aliphatic carbocycles. The SMILES string of the molecule is CCOC(=O)CC(CN1C(=O)c2ccccc2C1=O)=NC. The van der Waals surface area contributed by atoms with Crippen molar-refractivity contribution in [2.75, 3.05) is 20.2 Å². The van der Waals surface area contributed by atoms with Crippen LogP contribution in [0.1, 0.15) is 34.1 Å². The highest BCUT2D eigenvalue weighted by Gasteiger charge is 2.35. The maximum atomic E-state index is 12.2. The van der Waals surface area contributed by atoms with Crippen molar-refractivity contribution in [2.45, 2.75) is 13.3 Å². The molecule has 0 saturated carbocycles. The quantitative estimate of drug-likeness (QED) is 0.465. The molecule has 0 radical (unpaired) electrons. The summed E-state index contributed by atoms with van der Waals surface area (Å²) in [6.45, 7) is 2.00. The zero-order valence-electron chi connectivity index (χ0n) is 12.0. The van der Waals surface area contributed by atoms with E-state index in [2.05, 4.69) is 4.99 Å². The number of hydrogen-bond acceptors (Lipinski definition) is 5. The van der Waals surface area contributed by atoms with E-state index < -0.39 is 5.97 Å². The van der Waals surface area contributed by atoms with Crippen molar-refractivity contribution in [1.82, 2.24) is 4.90 Å². The van der Waals surface area contributed by atoms with E-state index >= 15 is 0 Å². The molecule has 21 heavy (non-hydrogen) atoms. The number of fused-ring (bicyclic) bond motifs is 1. The summed E-state index contributed by atoms with van der Waals surface area (Å²) >= 11 is 0. The number of nitrogens with zero attached hydrogens (tertiary/aromatic N) is 2. The molecular formula is C15H16N2O4. The van der Waals surface area contributed by atoms with Gasteiger partial charge in [-0.15, -0.1) is 0 Å². The second-order valence-corrected chi connectivity index (χ2v) is 4.51. The molecule has 6 nitrogen and oxygen atoms in total. The highest BCUT2D eigenvalue weighted by molar-refractivity contribution is 6.22. The summed E-state index contributed by atoms with van der Waals surface area (Å²) < 4.78 is 4.85. The molecule has 2 rings (SSSR count). The Morgan fingerprint density at radius 3 is 2.24 bits per heavy atom. The number of amides is 2. The fourth-order valence-corrected chi connectivity index (χ4v) is 2.15. The molecule has 0 bridgehead atoms. The largest absolute Gasteiger partial charge is 0.466 e. The smallest absolute Gasteiger partial charge is 0.311 e. The normalized spacial score (nSPS) is 14.4. The summed E-state index contributed by atoms with van der Waals surface area (Å²) in [7, 11) is 1.52. The van der Waals surface area contributed by atoms with Crippen LogP contribution in [0.3, 0.4) is 0 Å². The average Bonchev–Trinajstić information content (AvgIpc) is 2.72. The van der Waals surface area contributed by atoms with Crippen LogP contribution in [0.4, 0.5) is 0 Å². The van der Waals surface area contributed by atoms with Crippen molar-refractivity contribution in [1.29, 1.82) is 0 Å². The first kappa shape index (κ1) is 14.9. The number of carbonyl (C=O) groups excluding carboxylic acids is 3. The van der Waals surface area contributed by atoms with Gasteiger partial charge in [-0.3, -0.25) is 24.3 Å². The number of benzene rings is 1. The summed E-state index contributed by atoms with van der Waals surface area (Å²) in [6, 6.07) is 6.65. The van der Waals surface area contributed by atoms with Crippen LogP contribution in [-0.2, 0) is 9.53 Å². The highest BCUT2D eigenvalue weighted by Crippen LogP contribution is 2.22. The number of aliphatic imine (C=N–C) groups is 1. The molecule has 0 spiro atoms. The molecule has 0 N–H and O–H groups in total. The fraction of sp³-hybridized carbons (Fsp3) is 0.333. The van der Waals surface area contributed by atoms with Crippen molar-refractivity contribution in [3.05, 3.63) is 35.4 Å². The van der Waals surface area contributed by atoms with Gasteiger partial charge < -0.3 is 4.74 Å². The molecule has 1 aliphatic rings. The Balaban J connectivity index is 2.12. The monoisotopic (exact) mass is 288 g/mol. The summed E-state index contributed by atoms with van der Waals surface area (Å²) in [5, 5.41) is 0. The first-order chi connectivity index (χ1) is 10.1. The summed E-state index contributed by atoms with van der Waals surface area (Å²) in [5.41, 5.74) is 1.20. The van der Waals surface area contributed by atoms with Crippen LogP contribution in [0.15, 0.2) is 29.3 Å². The number of hydrogen-bond donors (Lipinski definition) is 0. The van der Waals surface area contributed by atoms with Crippen molar-refractivity contribution in [3.63, 3.8) is 0 Å². The van der Waals surface area contributed by atoms with Crippen LogP contribution in [0, 0.1) is 0 Å². The Morgan fingerprint density at radius 2 is 1.76 bits per heavy atom. The van der Waals surface area contributed by atoms with Gasteiger partial charge in [-0.2, -0.15) is 0 Å². The van der Waals surface area contributed by atoms with E-state index in [0.29, 0.717) is 16.8 Å². The van der Waals surface area contributed by atoms with E-state index in [9.17, 15) is 14.4 Å². The highest BCUT2D eigenvalue weighted by atomic mass is 16.5. The maximum absolute atomic E-state index is 12.2. The van der Waals surface area contributed by atoms with Gasteiger partial charge in [-0.25, -0.2) is 0 Å². The Bertz CT molecular complexity index is 587. The van der Waals surface area contributed by atoms with Gasteiger partial charge in [0.05, 0.1) is 30.7 Å². The van der Waals surface area contributed by atoms with Gasteiger partial charge in [0, 0.05) is 12.8 Å². The number of imide groups is 1. The van der Waals surface area contributed by atoms with Gasteiger partial charge in [0.1, 0.15) is 0 Å². The van der Waals surface area contributed by atoms with Crippen molar-refractivity contribution < 1.29 is 19.1 Å². The minimum atomic E-state index is -0.422. The lowest BCUT2D eigenvalue weighted by Crippen LogP contribution is -2.35. The van der Waals surface area contributed by atoms with Gasteiger partial charge >= 0.3 is 5.97 Å². The maximum Gasteiger partial charge on any atom is 0.311 e. The molecule has 2 amide bonds. The fourth-order valence-electron chi connectivity index (χ4n) is 2.15. The lowest BCUT2D eigenvalue weighted by molar-refractivity contribution is -0.141. The zero-order valence-corrected chi connectivity index (χ0v) is 12.0. The molecule has 1 heterocycles. The molecule has 0 saturated heterocycles. The van der Waals surface area contributed by atoms with Crippen LogP contribution < -0.4 is 0 Å². The van der Waals surface area contributed by atoms with E-state index in [1.807, 2.05) is 0 Å². The molecule has 1 aromatic carbocycles. The van der Waals surface area contributed by atoms with Gasteiger partial charge in [-0.1, -0.05) is 12.1 Å². The molecule has 0 fully saturated rings. The van der Waals surface area contributed by atoms with Crippen LogP contribution >= 0.6 is 0 Å². The van der Waals surface area contributed by atoms with Crippen LogP contribution in [-0.4, -0.2) is 48.6 Å². The molecule has 1 aliphatic heterocycles. The van der Waals surface area contributed by atoms with Gasteiger partial charge in [0.25, 0.3) is 11.8 Å². The summed E-state index contributed by atoms with van der Waals surface area (Å²) in [6.07, 6.45) is -0.0300. The third-order valence-electron chi connectivity index (χ3n) is 3.19. The van der Waals surface area contributed by atoms with Gasteiger partial charge in [-0.05, 0) is 19.1 Å². The second-order valence-electron chi connectivity index (χ2n) is 4.51. The van der Waals surface area contributed by atoms with Crippen molar-refractivity contribution in [2.24, 2.45) is 4.99 Å². The minimum Gasteiger partial charge on any atom is -0.466 e. The lowest BCUT2D eigenvalue weighted by atomic mass is 10.1. The van der Waals surface area contributed by atoms with E-state index in [-0.39, 0.29) is 31.4 Å². The Labute approximate surface area is 122 Å². The Hall–Kier alpha value is -2.50. The molecule has 1 aromatic rings. The first-order valence-corrected chi connectivity index (χ1v) is 6.63. The topological polar surface area (TPSA) is 76.0 Å². The van der Waals surface area contributed by atoms with E-state index in [1.54, 1.807) is 31.2 Å². The van der Waals surface area contributed by atoms with Gasteiger partial charge in [0.2, 0.25) is 0 Å². The number of esters is 1. The molecule has 0 atom stereocenters. The van der Waals surface area contributed by atoms with E-state index in [0.717, 1.165) is 4.90 Å². The molecule has 6 heteroatoms. The number of carbonyl (C=O) groups is 3.